The van der Waals surface area contributed by atoms with Gasteiger partial charge in [-0.2, -0.15) is 0 Å². The highest BCUT2D eigenvalue weighted by molar-refractivity contribution is 5.93. The van der Waals surface area contributed by atoms with E-state index in [-0.39, 0.29) is 5.91 Å². The van der Waals surface area contributed by atoms with Crippen molar-refractivity contribution in [2.75, 3.05) is 26.2 Å². The number of amides is 1. The van der Waals surface area contributed by atoms with Gasteiger partial charge in [0.25, 0.3) is 0 Å². The SMILES string of the molecule is O=C(C1=CCN(Cc2ccccc2)CC1)N1CCCCC1. The Balaban J connectivity index is 1.55. The molecule has 2 aliphatic rings. The van der Waals surface area contributed by atoms with E-state index in [4.69, 9.17) is 0 Å². The van der Waals surface area contributed by atoms with Crippen LogP contribution in [0, 0.1) is 0 Å². The zero-order valence-electron chi connectivity index (χ0n) is 12.6. The monoisotopic (exact) mass is 284 g/mol. The summed E-state index contributed by atoms with van der Waals surface area (Å²) in [6.45, 7) is 4.75. The third-order valence-electron chi connectivity index (χ3n) is 4.46. The van der Waals surface area contributed by atoms with Gasteiger partial charge in [0.1, 0.15) is 0 Å². The Labute approximate surface area is 127 Å². The van der Waals surface area contributed by atoms with Gasteiger partial charge < -0.3 is 4.90 Å². The van der Waals surface area contributed by atoms with Gasteiger partial charge in [0, 0.05) is 38.3 Å². The number of carbonyl (C=O) groups excluding carboxylic acids is 1. The molecule has 0 aliphatic carbocycles. The lowest BCUT2D eigenvalue weighted by Gasteiger charge is -2.31. The number of piperidine rings is 1. The van der Waals surface area contributed by atoms with Gasteiger partial charge in [-0.1, -0.05) is 36.4 Å². The molecule has 0 bridgehead atoms. The molecule has 3 rings (SSSR count). The number of benzene rings is 1. The minimum Gasteiger partial charge on any atom is -0.339 e. The van der Waals surface area contributed by atoms with E-state index >= 15 is 0 Å². The second kappa shape index (κ2) is 6.90. The molecule has 1 aromatic carbocycles. The fourth-order valence-corrected chi connectivity index (χ4v) is 3.19. The van der Waals surface area contributed by atoms with E-state index in [9.17, 15) is 4.79 Å². The number of rotatable bonds is 3. The van der Waals surface area contributed by atoms with Gasteiger partial charge in [-0.3, -0.25) is 9.69 Å². The molecule has 2 aliphatic heterocycles. The van der Waals surface area contributed by atoms with Crippen LogP contribution in [0.4, 0.5) is 0 Å². The molecule has 0 spiro atoms. The lowest BCUT2D eigenvalue weighted by Crippen LogP contribution is -2.39. The summed E-state index contributed by atoms with van der Waals surface area (Å²) in [5.74, 6) is 0.286. The van der Waals surface area contributed by atoms with Crippen LogP contribution in [-0.2, 0) is 11.3 Å². The number of likely N-dealkylation sites (tertiary alicyclic amines) is 1. The Morgan fingerprint density at radius 2 is 1.76 bits per heavy atom. The van der Waals surface area contributed by atoms with Gasteiger partial charge in [0.15, 0.2) is 0 Å². The minimum absolute atomic E-state index is 0.286. The molecule has 1 saturated heterocycles. The lowest BCUT2D eigenvalue weighted by molar-refractivity contribution is -0.128. The summed E-state index contributed by atoms with van der Waals surface area (Å²) in [6.07, 6.45) is 6.64. The molecule has 21 heavy (non-hydrogen) atoms. The second-order valence-corrected chi connectivity index (χ2v) is 6.05. The highest BCUT2D eigenvalue weighted by Crippen LogP contribution is 2.18. The molecule has 0 N–H and O–H groups in total. The first-order valence-electron chi connectivity index (χ1n) is 8.07. The minimum atomic E-state index is 0.286. The normalized spacial score (nSPS) is 20.2. The summed E-state index contributed by atoms with van der Waals surface area (Å²) in [7, 11) is 0. The largest absolute Gasteiger partial charge is 0.339 e. The van der Waals surface area contributed by atoms with E-state index in [1.807, 2.05) is 4.90 Å². The number of carbonyl (C=O) groups is 1. The van der Waals surface area contributed by atoms with Crippen molar-refractivity contribution in [3.05, 3.63) is 47.5 Å². The zero-order valence-corrected chi connectivity index (χ0v) is 12.6. The maximum atomic E-state index is 12.5. The molecule has 0 atom stereocenters. The average Bonchev–Trinajstić information content (AvgIpc) is 2.57. The summed E-state index contributed by atoms with van der Waals surface area (Å²) in [5, 5.41) is 0. The first kappa shape index (κ1) is 14.3. The summed E-state index contributed by atoms with van der Waals surface area (Å²) in [5.41, 5.74) is 2.37. The van der Waals surface area contributed by atoms with Crippen molar-refractivity contribution in [2.24, 2.45) is 0 Å². The smallest absolute Gasteiger partial charge is 0.249 e. The summed E-state index contributed by atoms with van der Waals surface area (Å²) in [6, 6.07) is 10.5. The zero-order chi connectivity index (χ0) is 14.5. The Hall–Kier alpha value is -1.61. The number of hydrogen-bond acceptors (Lipinski definition) is 2. The van der Waals surface area contributed by atoms with Crippen LogP contribution in [0.1, 0.15) is 31.2 Å². The van der Waals surface area contributed by atoms with Crippen LogP contribution in [-0.4, -0.2) is 41.9 Å². The molecule has 0 aromatic heterocycles. The van der Waals surface area contributed by atoms with Crippen LogP contribution in [0.5, 0.6) is 0 Å². The molecule has 2 heterocycles. The number of nitrogens with zero attached hydrogens (tertiary/aromatic N) is 2. The summed E-state index contributed by atoms with van der Waals surface area (Å²) in [4.78, 5) is 16.9. The molecule has 1 fully saturated rings. The van der Waals surface area contributed by atoms with E-state index < -0.39 is 0 Å². The van der Waals surface area contributed by atoms with Crippen molar-refractivity contribution >= 4 is 5.91 Å². The number of hydrogen-bond donors (Lipinski definition) is 0. The third-order valence-corrected chi connectivity index (χ3v) is 4.46. The van der Waals surface area contributed by atoms with Crippen LogP contribution in [0.3, 0.4) is 0 Å². The summed E-state index contributed by atoms with van der Waals surface area (Å²) >= 11 is 0. The first-order chi connectivity index (χ1) is 10.3. The van der Waals surface area contributed by atoms with Crippen molar-refractivity contribution in [2.45, 2.75) is 32.2 Å². The summed E-state index contributed by atoms with van der Waals surface area (Å²) < 4.78 is 0. The Morgan fingerprint density at radius 1 is 1.00 bits per heavy atom. The fourth-order valence-electron chi connectivity index (χ4n) is 3.19. The predicted octanol–water partition coefficient (Wildman–Crippen LogP) is 2.83. The molecule has 0 unspecified atom stereocenters. The van der Waals surface area contributed by atoms with Crippen LogP contribution >= 0.6 is 0 Å². The Morgan fingerprint density at radius 3 is 2.43 bits per heavy atom. The van der Waals surface area contributed by atoms with Crippen molar-refractivity contribution in [3.8, 4) is 0 Å². The van der Waals surface area contributed by atoms with E-state index in [0.29, 0.717) is 0 Å². The van der Waals surface area contributed by atoms with E-state index in [1.54, 1.807) is 0 Å². The van der Waals surface area contributed by atoms with Crippen LogP contribution in [0.25, 0.3) is 0 Å². The van der Waals surface area contributed by atoms with Crippen molar-refractivity contribution in [1.29, 1.82) is 0 Å². The molecule has 112 valence electrons. The topological polar surface area (TPSA) is 23.6 Å². The Bertz CT molecular complexity index is 503. The quantitative estimate of drug-likeness (QED) is 0.852. The lowest BCUT2D eigenvalue weighted by atomic mass is 10.0. The molecule has 3 heteroatoms. The maximum Gasteiger partial charge on any atom is 0.249 e. The average molecular weight is 284 g/mol. The first-order valence-corrected chi connectivity index (χ1v) is 8.07. The van der Waals surface area contributed by atoms with Gasteiger partial charge in [-0.15, -0.1) is 0 Å². The van der Waals surface area contributed by atoms with E-state index in [1.165, 1.54) is 24.8 Å². The van der Waals surface area contributed by atoms with Gasteiger partial charge in [-0.05, 0) is 31.2 Å². The molecular formula is C18H24N2O. The molecule has 0 saturated carbocycles. The molecule has 1 amide bonds. The van der Waals surface area contributed by atoms with Crippen LogP contribution in [0.2, 0.25) is 0 Å². The molecule has 0 radical (unpaired) electrons. The van der Waals surface area contributed by atoms with Gasteiger partial charge in [0.05, 0.1) is 0 Å². The fraction of sp³-hybridized carbons (Fsp3) is 0.500. The molecule has 3 nitrogen and oxygen atoms in total. The van der Waals surface area contributed by atoms with Crippen LogP contribution < -0.4 is 0 Å². The van der Waals surface area contributed by atoms with Crippen molar-refractivity contribution < 1.29 is 4.79 Å². The highest BCUT2D eigenvalue weighted by Gasteiger charge is 2.22. The second-order valence-electron chi connectivity index (χ2n) is 6.05. The Kier molecular flexibility index (Phi) is 4.71. The maximum absolute atomic E-state index is 12.5. The molecular weight excluding hydrogens is 260 g/mol. The highest BCUT2D eigenvalue weighted by atomic mass is 16.2. The van der Waals surface area contributed by atoms with Crippen molar-refractivity contribution in [1.82, 2.24) is 9.80 Å². The van der Waals surface area contributed by atoms with Gasteiger partial charge in [0.2, 0.25) is 5.91 Å². The predicted molar refractivity (Wildman–Crippen MR) is 84.9 cm³/mol. The van der Waals surface area contributed by atoms with Crippen molar-refractivity contribution in [3.63, 3.8) is 0 Å². The third kappa shape index (κ3) is 3.73. The van der Waals surface area contributed by atoms with Crippen LogP contribution in [0.15, 0.2) is 42.0 Å². The standard InChI is InChI=1S/C18H24N2O/c21-18(20-11-5-2-6-12-20)17-9-13-19(14-10-17)15-16-7-3-1-4-8-16/h1,3-4,7-9H,2,5-6,10-15H2. The molecule has 1 aromatic rings. The van der Waals surface area contributed by atoms with Gasteiger partial charge in [-0.25, -0.2) is 0 Å². The van der Waals surface area contributed by atoms with E-state index in [0.717, 1.165) is 44.7 Å². The van der Waals surface area contributed by atoms with Gasteiger partial charge >= 0.3 is 0 Å². The van der Waals surface area contributed by atoms with E-state index in [2.05, 4.69) is 41.3 Å².